The van der Waals surface area contributed by atoms with E-state index >= 15 is 0 Å². The van der Waals surface area contributed by atoms with Crippen LogP contribution in [-0.2, 0) is 9.53 Å². The van der Waals surface area contributed by atoms with Gasteiger partial charge in [0.1, 0.15) is 0 Å². The molecule has 0 N–H and O–H groups in total. The van der Waals surface area contributed by atoms with Crippen LogP contribution in [0.2, 0.25) is 0 Å². The highest BCUT2D eigenvalue weighted by atomic mass is 32.1. The van der Waals surface area contributed by atoms with Crippen LogP contribution in [0.5, 0.6) is 5.88 Å². The first-order valence-electron chi connectivity index (χ1n) is 11.2. The van der Waals surface area contributed by atoms with Crippen molar-refractivity contribution in [3.05, 3.63) is 35.3 Å². The van der Waals surface area contributed by atoms with Gasteiger partial charge in [-0.2, -0.15) is 0 Å². The molecule has 4 heterocycles. The lowest BCUT2D eigenvalue weighted by Gasteiger charge is -2.28. The summed E-state index contributed by atoms with van der Waals surface area (Å²) in [6, 6.07) is 5.72. The summed E-state index contributed by atoms with van der Waals surface area (Å²) in [6.07, 6.45) is 5.20. The Bertz CT molecular complexity index is 1160. The zero-order valence-corrected chi connectivity index (χ0v) is 20.8. The molecule has 0 bridgehead atoms. The van der Waals surface area contributed by atoms with Crippen LogP contribution in [-0.4, -0.2) is 98.3 Å². The van der Waals surface area contributed by atoms with Crippen molar-refractivity contribution in [3.63, 3.8) is 0 Å². The van der Waals surface area contributed by atoms with Gasteiger partial charge in [0, 0.05) is 62.0 Å². The molecule has 180 valence electrons. The van der Waals surface area contributed by atoms with Crippen molar-refractivity contribution in [2.75, 3.05) is 72.5 Å². The average Bonchev–Trinajstić information content (AvgIpc) is 3.28. The molecular formula is C24H30N6O3S. The van der Waals surface area contributed by atoms with Gasteiger partial charge in [-0.05, 0) is 32.3 Å². The van der Waals surface area contributed by atoms with Gasteiger partial charge in [0.2, 0.25) is 11.8 Å². The fourth-order valence-electron chi connectivity index (χ4n) is 3.51. The number of likely N-dealkylation sites (N-methyl/N-ethyl adjacent to an activating group) is 2. The molecule has 1 aliphatic rings. The quantitative estimate of drug-likeness (QED) is 0.453. The number of pyridine rings is 1. The molecule has 0 radical (unpaired) electrons. The van der Waals surface area contributed by atoms with E-state index in [9.17, 15) is 4.79 Å². The number of morpholine rings is 1. The zero-order valence-electron chi connectivity index (χ0n) is 20.0. The number of thiophene rings is 1. The van der Waals surface area contributed by atoms with Crippen molar-refractivity contribution in [3.8, 4) is 17.3 Å². The Kier molecular flexibility index (Phi) is 7.71. The van der Waals surface area contributed by atoms with Crippen molar-refractivity contribution < 1.29 is 14.3 Å². The standard InChI is InChI=1S/C24H30N6O3S/c1-28(2)9-10-29(3)21(31)8-6-18-15-19-22(34-18)24(30-11-13-33-14-12-30)27-23(26-19)17-5-7-20(32-4)25-16-17/h5-8,15-16H,9-14H2,1-4H3/b8-6+. The lowest BCUT2D eigenvalue weighted by atomic mass is 10.2. The average molecular weight is 483 g/mol. The zero-order chi connectivity index (χ0) is 24.1. The lowest BCUT2D eigenvalue weighted by molar-refractivity contribution is -0.124. The maximum Gasteiger partial charge on any atom is 0.246 e. The van der Waals surface area contributed by atoms with E-state index in [1.807, 2.05) is 39.4 Å². The SMILES string of the molecule is COc1ccc(-c2nc(N3CCOCC3)c3sc(/C=C/C(=O)N(C)CCN(C)C)cc3n2)cn1. The van der Waals surface area contributed by atoms with Gasteiger partial charge in [-0.1, -0.05) is 0 Å². The highest BCUT2D eigenvalue weighted by molar-refractivity contribution is 7.20. The lowest BCUT2D eigenvalue weighted by Crippen LogP contribution is -2.36. The molecule has 1 amide bonds. The first kappa shape index (κ1) is 24.1. The molecule has 1 saturated heterocycles. The molecule has 0 atom stereocenters. The number of anilines is 1. The van der Waals surface area contributed by atoms with Crippen molar-refractivity contribution in [1.82, 2.24) is 24.8 Å². The summed E-state index contributed by atoms with van der Waals surface area (Å²) in [5.41, 5.74) is 1.67. The largest absolute Gasteiger partial charge is 0.481 e. The highest BCUT2D eigenvalue weighted by Gasteiger charge is 2.20. The third-order valence-electron chi connectivity index (χ3n) is 5.54. The van der Waals surface area contributed by atoms with Gasteiger partial charge >= 0.3 is 0 Å². The third-order valence-corrected chi connectivity index (χ3v) is 6.62. The van der Waals surface area contributed by atoms with Crippen molar-refractivity contribution in [2.45, 2.75) is 0 Å². The number of aromatic nitrogens is 3. The van der Waals surface area contributed by atoms with Gasteiger partial charge in [-0.25, -0.2) is 15.0 Å². The predicted octanol–water partition coefficient (Wildman–Crippen LogP) is 2.63. The van der Waals surface area contributed by atoms with Crippen LogP contribution in [0.25, 0.3) is 27.7 Å². The number of ether oxygens (including phenoxy) is 2. The summed E-state index contributed by atoms with van der Waals surface area (Å²) in [4.78, 5) is 33.5. The van der Waals surface area contributed by atoms with E-state index in [-0.39, 0.29) is 5.91 Å². The predicted molar refractivity (Wildman–Crippen MR) is 135 cm³/mol. The number of carbonyl (C=O) groups is 1. The molecule has 3 aromatic heterocycles. The minimum Gasteiger partial charge on any atom is -0.481 e. The number of hydrogen-bond donors (Lipinski definition) is 0. The Morgan fingerprint density at radius 2 is 2.00 bits per heavy atom. The van der Waals surface area contributed by atoms with Gasteiger partial charge in [0.05, 0.1) is 30.5 Å². The number of carbonyl (C=O) groups excluding carboxylic acids is 1. The molecule has 0 spiro atoms. The summed E-state index contributed by atoms with van der Waals surface area (Å²) in [7, 11) is 7.40. The molecule has 9 nitrogen and oxygen atoms in total. The maximum absolute atomic E-state index is 12.5. The Labute approximate surface area is 203 Å². The maximum atomic E-state index is 12.5. The second kappa shape index (κ2) is 10.9. The smallest absolute Gasteiger partial charge is 0.246 e. The minimum absolute atomic E-state index is 0.0243. The Morgan fingerprint density at radius 1 is 1.21 bits per heavy atom. The minimum atomic E-state index is -0.0243. The molecule has 0 aliphatic carbocycles. The Hall–Kier alpha value is -3.08. The number of methoxy groups -OCH3 is 1. The Balaban J connectivity index is 1.66. The normalized spacial score (nSPS) is 14.3. The molecular weight excluding hydrogens is 452 g/mol. The molecule has 3 aromatic rings. The molecule has 34 heavy (non-hydrogen) atoms. The first-order chi connectivity index (χ1) is 16.4. The Morgan fingerprint density at radius 3 is 2.68 bits per heavy atom. The van der Waals surface area contributed by atoms with E-state index < -0.39 is 0 Å². The summed E-state index contributed by atoms with van der Waals surface area (Å²) in [6.45, 7) is 4.36. The van der Waals surface area contributed by atoms with Crippen molar-refractivity contribution in [2.24, 2.45) is 0 Å². The van der Waals surface area contributed by atoms with Gasteiger partial charge in [0.25, 0.3) is 0 Å². The summed E-state index contributed by atoms with van der Waals surface area (Å²) >= 11 is 1.59. The van der Waals surface area contributed by atoms with E-state index in [4.69, 9.17) is 19.4 Å². The third kappa shape index (κ3) is 5.69. The van der Waals surface area contributed by atoms with Crippen LogP contribution >= 0.6 is 11.3 Å². The van der Waals surface area contributed by atoms with E-state index in [1.165, 1.54) is 0 Å². The molecule has 0 saturated carbocycles. The number of rotatable bonds is 8. The summed E-state index contributed by atoms with van der Waals surface area (Å²) in [5.74, 6) is 2.01. The van der Waals surface area contributed by atoms with Gasteiger partial charge in [-0.3, -0.25) is 4.79 Å². The van der Waals surface area contributed by atoms with Gasteiger partial charge in [0.15, 0.2) is 11.6 Å². The number of nitrogens with zero attached hydrogens (tertiary/aromatic N) is 6. The first-order valence-corrected chi connectivity index (χ1v) is 12.0. The summed E-state index contributed by atoms with van der Waals surface area (Å²) < 4.78 is 11.7. The van der Waals surface area contributed by atoms with E-state index in [0.717, 1.165) is 46.1 Å². The van der Waals surface area contributed by atoms with Crippen LogP contribution < -0.4 is 9.64 Å². The van der Waals surface area contributed by atoms with Crippen molar-refractivity contribution >= 4 is 39.4 Å². The van der Waals surface area contributed by atoms with E-state index in [1.54, 1.807) is 41.7 Å². The van der Waals surface area contributed by atoms with E-state index in [0.29, 0.717) is 31.5 Å². The fourth-order valence-corrected chi connectivity index (χ4v) is 4.53. The second-order valence-corrected chi connectivity index (χ2v) is 9.40. The van der Waals surface area contributed by atoms with Gasteiger partial charge < -0.3 is 24.2 Å². The van der Waals surface area contributed by atoms with Gasteiger partial charge in [-0.15, -0.1) is 11.3 Å². The van der Waals surface area contributed by atoms with Crippen LogP contribution in [0.4, 0.5) is 5.82 Å². The van der Waals surface area contributed by atoms with Crippen molar-refractivity contribution in [1.29, 1.82) is 0 Å². The number of fused-ring (bicyclic) bond motifs is 1. The number of hydrogen-bond acceptors (Lipinski definition) is 9. The van der Waals surface area contributed by atoms with Crippen LogP contribution in [0, 0.1) is 0 Å². The summed E-state index contributed by atoms with van der Waals surface area (Å²) in [5, 5.41) is 0. The fraction of sp³-hybridized carbons (Fsp3) is 0.417. The van der Waals surface area contributed by atoms with E-state index in [2.05, 4.69) is 14.8 Å². The molecule has 0 aromatic carbocycles. The number of amides is 1. The van der Waals surface area contributed by atoms with Crippen LogP contribution in [0.3, 0.4) is 0 Å². The molecule has 4 rings (SSSR count). The molecule has 1 aliphatic heterocycles. The molecule has 1 fully saturated rings. The monoisotopic (exact) mass is 482 g/mol. The topological polar surface area (TPSA) is 83.9 Å². The highest BCUT2D eigenvalue weighted by Crippen LogP contribution is 2.35. The molecule has 0 unspecified atom stereocenters. The second-order valence-electron chi connectivity index (χ2n) is 8.32. The molecule has 10 heteroatoms. The van der Waals surface area contributed by atoms with Crippen LogP contribution in [0.1, 0.15) is 4.88 Å². The van der Waals surface area contributed by atoms with Crippen LogP contribution in [0.15, 0.2) is 30.5 Å².